The van der Waals surface area contributed by atoms with Gasteiger partial charge in [0.05, 0.1) is 4.90 Å². The summed E-state index contributed by atoms with van der Waals surface area (Å²) in [5, 5.41) is 0. The summed E-state index contributed by atoms with van der Waals surface area (Å²) in [4.78, 5) is 14.5. The van der Waals surface area contributed by atoms with Crippen molar-refractivity contribution in [3.05, 3.63) is 29.8 Å². The number of halogens is 1. The molecule has 1 atom stereocenters. The van der Waals surface area contributed by atoms with Crippen LogP contribution in [0, 0.1) is 0 Å². The number of rotatable bonds is 4. The minimum Gasteiger partial charge on any atom is -0.336 e. The number of hydrogen-bond acceptors (Lipinski definition) is 3. The number of benzene rings is 1. The monoisotopic (exact) mass is 329 g/mol. The van der Waals surface area contributed by atoms with Crippen molar-refractivity contribution in [2.45, 2.75) is 50.0 Å². The summed E-state index contributed by atoms with van der Waals surface area (Å²) in [6.07, 6.45) is 5.31. The van der Waals surface area contributed by atoms with Gasteiger partial charge in [-0.3, -0.25) is 4.79 Å². The van der Waals surface area contributed by atoms with E-state index < -0.39 is 9.05 Å². The van der Waals surface area contributed by atoms with Crippen LogP contribution in [0.25, 0.3) is 0 Å². The molecule has 1 amide bonds. The van der Waals surface area contributed by atoms with Crippen molar-refractivity contribution >= 4 is 25.6 Å². The van der Waals surface area contributed by atoms with E-state index in [1.165, 1.54) is 24.3 Å². The van der Waals surface area contributed by atoms with Crippen LogP contribution < -0.4 is 0 Å². The van der Waals surface area contributed by atoms with E-state index in [-0.39, 0.29) is 10.8 Å². The van der Waals surface area contributed by atoms with Gasteiger partial charge in [-0.15, -0.1) is 0 Å². The van der Waals surface area contributed by atoms with Crippen molar-refractivity contribution in [1.82, 2.24) is 4.90 Å². The molecule has 0 aromatic heterocycles. The molecule has 1 aromatic carbocycles. The van der Waals surface area contributed by atoms with Crippen LogP contribution in [0.2, 0.25) is 0 Å². The van der Waals surface area contributed by atoms with Gasteiger partial charge in [-0.25, -0.2) is 8.42 Å². The Hall–Kier alpha value is -1.07. The average molecular weight is 330 g/mol. The molecule has 116 valence electrons. The molecule has 1 saturated heterocycles. The van der Waals surface area contributed by atoms with Crippen LogP contribution in [0.1, 0.15) is 49.4 Å². The standard InChI is InChI=1S/C15H20ClNO3S/c1-2-5-13-6-3-4-11-17(13)15(18)12-7-9-14(10-8-12)21(16,19)20/h7-10,13H,2-6,11H2,1H3. The van der Waals surface area contributed by atoms with Crippen LogP contribution in [0.5, 0.6) is 0 Å². The molecule has 0 radical (unpaired) electrons. The van der Waals surface area contributed by atoms with Gasteiger partial charge in [0.2, 0.25) is 0 Å². The normalized spacial score (nSPS) is 19.5. The van der Waals surface area contributed by atoms with E-state index in [2.05, 4.69) is 6.92 Å². The SMILES string of the molecule is CCCC1CCCCN1C(=O)c1ccc(S(=O)(=O)Cl)cc1. The number of carbonyl (C=O) groups is 1. The zero-order valence-corrected chi connectivity index (χ0v) is 13.7. The fourth-order valence-corrected chi connectivity index (χ4v) is 3.60. The van der Waals surface area contributed by atoms with Crippen molar-refractivity contribution in [2.24, 2.45) is 0 Å². The lowest BCUT2D eigenvalue weighted by Crippen LogP contribution is -2.43. The number of piperidine rings is 1. The Labute approximate surface area is 130 Å². The molecule has 1 aromatic rings. The van der Waals surface area contributed by atoms with E-state index in [1.54, 1.807) is 0 Å². The first-order valence-corrected chi connectivity index (χ1v) is 9.60. The fraction of sp³-hybridized carbons (Fsp3) is 0.533. The van der Waals surface area contributed by atoms with Crippen molar-refractivity contribution in [2.75, 3.05) is 6.54 Å². The third-order valence-corrected chi connectivity index (χ3v) is 5.26. The summed E-state index contributed by atoms with van der Waals surface area (Å²) in [5.41, 5.74) is 0.516. The third kappa shape index (κ3) is 3.98. The predicted molar refractivity (Wildman–Crippen MR) is 83.1 cm³/mol. The van der Waals surface area contributed by atoms with Crippen molar-refractivity contribution < 1.29 is 13.2 Å². The smallest absolute Gasteiger partial charge is 0.261 e. The molecule has 6 heteroatoms. The average Bonchev–Trinajstić information content (AvgIpc) is 2.47. The molecular formula is C15H20ClNO3S. The van der Waals surface area contributed by atoms with Crippen LogP contribution >= 0.6 is 10.7 Å². The summed E-state index contributed by atoms with van der Waals surface area (Å²) in [6, 6.07) is 6.14. The van der Waals surface area contributed by atoms with Crippen LogP contribution in [0.15, 0.2) is 29.2 Å². The highest BCUT2D eigenvalue weighted by Gasteiger charge is 2.26. The van der Waals surface area contributed by atoms with E-state index in [9.17, 15) is 13.2 Å². The highest BCUT2D eigenvalue weighted by Crippen LogP contribution is 2.24. The first-order chi connectivity index (χ1) is 9.93. The zero-order valence-electron chi connectivity index (χ0n) is 12.1. The highest BCUT2D eigenvalue weighted by atomic mass is 35.7. The van der Waals surface area contributed by atoms with Crippen molar-refractivity contribution in [1.29, 1.82) is 0 Å². The lowest BCUT2D eigenvalue weighted by Gasteiger charge is -2.36. The lowest BCUT2D eigenvalue weighted by molar-refractivity contribution is 0.0600. The maximum absolute atomic E-state index is 12.6. The zero-order chi connectivity index (χ0) is 15.5. The van der Waals surface area contributed by atoms with Gasteiger partial charge >= 0.3 is 0 Å². The summed E-state index contributed by atoms with van der Waals surface area (Å²) in [6.45, 7) is 2.90. The Bertz CT molecular complexity index is 596. The molecule has 1 unspecified atom stereocenters. The van der Waals surface area contributed by atoms with Gasteiger partial charge < -0.3 is 4.90 Å². The van der Waals surface area contributed by atoms with Crippen LogP contribution in [0.3, 0.4) is 0 Å². The number of likely N-dealkylation sites (tertiary alicyclic amines) is 1. The number of nitrogens with zero attached hydrogens (tertiary/aromatic N) is 1. The second-order valence-electron chi connectivity index (χ2n) is 5.40. The largest absolute Gasteiger partial charge is 0.336 e. The van der Waals surface area contributed by atoms with E-state index in [4.69, 9.17) is 10.7 Å². The number of hydrogen-bond donors (Lipinski definition) is 0. The predicted octanol–water partition coefficient (Wildman–Crippen LogP) is 3.41. The van der Waals surface area contributed by atoms with Gasteiger partial charge in [0.25, 0.3) is 15.0 Å². The number of amides is 1. The Morgan fingerprint density at radius 1 is 1.29 bits per heavy atom. The highest BCUT2D eigenvalue weighted by molar-refractivity contribution is 8.13. The van der Waals surface area contributed by atoms with E-state index in [0.29, 0.717) is 11.6 Å². The first-order valence-electron chi connectivity index (χ1n) is 7.29. The molecule has 1 heterocycles. The van der Waals surface area contributed by atoms with Gasteiger partial charge in [-0.2, -0.15) is 0 Å². The molecule has 0 saturated carbocycles. The van der Waals surface area contributed by atoms with Gasteiger partial charge in [-0.1, -0.05) is 13.3 Å². The first kappa shape index (κ1) is 16.3. The summed E-state index contributed by atoms with van der Waals surface area (Å²) in [7, 11) is 1.54. The molecule has 1 aliphatic rings. The van der Waals surface area contributed by atoms with Gasteiger partial charge in [0.15, 0.2) is 0 Å². The lowest BCUT2D eigenvalue weighted by atomic mass is 9.97. The maximum atomic E-state index is 12.6. The second kappa shape index (κ2) is 6.79. The second-order valence-corrected chi connectivity index (χ2v) is 7.96. The molecule has 4 nitrogen and oxygen atoms in total. The Balaban J connectivity index is 2.18. The topological polar surface area (TPSA) is 54.5 Å². The molecule has 2 rings (SSSR count). The van der Waals surface area contributed by atoms with Crippen LogP contribution in [-0.4, -0.2) is 31.8 Å². The quantitative estimate of drug-likeness (QED) is 0.795. The van der Waals surface area contributed by atoms with Gasteiger partial charge in [0, 0.05) is 28.8 Å². The molecule has 0 spiro atoms. The van der Waals surface area contributed by atoms with Crippen LogP contribution in [-0.2, 0) is 9.05 Å². The third-order valence-electron chi connectivity index (χ3n) is 3.89. The maximum Gasteiger partial charge on any atom is 0.261 e. The molecule has 0 aliphatic carbocycles. The van der Waals surface area contributed by atoms with Crippen molar-refractivity contribution in [3.63, 3.8) is 0 Å². The van der Waals surface area contributed by atoms with Crippen LogP contribution in [0.4, 0.5) is 0 Å². The molecule has 0 N–H and O–H groups in total. The minimum atomic E-state index is -3.74. The molecule has 21 heavy (non-hydrogen) atoms. The minimum absolute atomic E-state index is 0.0180. The summed E-state index contributed by atoms with van der Waals surface area (Å²) >= 11 is 0. The fourth-order valence-electron chi connectivity index (χ4n) is 2.83. The van der Waals surface area contributed by atoms with E-state index in [1.807, 2.05) is 4.90 Å². The van der Waals surface area contributed by atoms with E-state index >= 15 is 0 Å². The van der Waals surface area contributed by atoms with Gasteiger partial charge in [-0.05, 0) is 49.9 Å². The van der Waals surface area contributed by atoms with Gasteiger partial charge in [0.1, 0.15) is 0 Å². The van der Waals surface area contributed by atoms with E-state index in [0.717, 1.165) is 38.6 Å². The molecule has 1 fully saturated rings. The molecular weight excluding hydrogens is 310 g/mol. The Morgan fingerprint density at radius 2 is 1.95 bits per heavy atom. The van der Waals surface area contributed by atoms with Crippen molar-refractivity contribution in [3.8, 4) is 0 Å². The molecule has 0 bridgehead atoms. The Kier molecular flexibility index (Phi) is 5.27. The summed E-state index contributed by atoms with van der Waals surface area (Å²) < 4.78 is 22.4. The Morgan fingerprint density at radius 3 is 2.52 bits per heavy atom. The number of carbonyl (C=O) groups excluding carboxylic acids is 1. The molecule has 1 aliphatic heterocycles. The summed E-state index contributed by atoms with van der Waals surface area (Å²) in [5.74, 6) is -0.0216.